The Bertz CT molecular complexity index is 359. The molecule has 0 saturated heterocycles. The lowest BCUT2D eigenvalue weighted by Crippen LogP contribution is -2.18. The highest BCUT2D eigenvalue weighted by molar-refractivity contribution is 5.54. The maximum Gasteiger partial charge on any atom is 0.163 e. The molecule has 0 radical (unpaired) electrons. The van der Waals surface area contributed by atoms with Crippen LogP contribution in [0.25, 0.3) is 0 Å². The summed E-state index contributed by atoms with van der Waals surface area (Å²) in [4.78, 5) is 0. The summed E-state index contributed by atoms with van der Waals surface area (Å²) in [6.45, 7) is 5.82. The number of benzene rings is 1. The normalized spacial score (nSPS) is 12.6. The van der Waals surface area contributed by atoms with Crippen molar-refractivity contribution in [1.82, 2.24) is 0 Å². The van der Waals surface area contributed by atoms with Gasteiger partial charge in [-0.15, -0.1) is 0 Å². The maximum absolute atomic E-state index is 10.0. The van der Waals surface area contributed by atoms with Gasteiger partial charge in [0, 0.05) is 11.6 Å². The van der Waals surface area contributed by atoms with Gasteiger partial charge in [-0.1, -0.05) is 6.07 Å². The standard InChI is InChI=1S/C12H19NO2/c1-7-5-8(2)12(15-4)11(14)10(7)6-9(3)13/h5,9,14H,6,13H2,1-4H3. The molecule has 3 nitrogen and oxygen atoms in total. The Morgan fingerprint density at radius 1 is 1.40 bits per heavy atom. The van der Waals surface area contributed by atoms with E-state index in [0.717, 1.165) is 16.7 Å². The van der Waals surface area contributed by atoms with E-state index in [0.29, 0.717) is 12.2 Å². The van der Waals surface area contributed by atoms with E-state index < -0.39 is 0 Å². The summed E-state index contributed by atoms with van der Waals surface area (Å²) in [5.74, 6) is 0.781. The van der Waals surface area contributed by atoms with E-state index in [1.807, 2.05) is 26.8 Å². The van der Waals surface area contributed by atoms with Gasteiger partial charge in [0.1, 0.15) is 0 Å². The fourth-order valence-electron chi connectivity index (χ4n) is 1.83. The topological polar surface area (TPSA) is 55.5 Å². The highest BCUT2D eigenvalue weighted by Crippen LogP contribution is 2.36. The molecule has 0 aliphatic carbocycles. The molecule has 84 valence electrons. The smallest absolute Gasteiger partial charge is 0.163 e. The minimum absolute atomic E-state index is 0.0296. The Morgan fingerprint density at radius 2 is 2.00 bits per heavy atom. The summed E-state index contributed by atoms with van der Waals surface area (Å²) >= 11 is 0. The highest BCUT2D eigenvalue weighted by Gasteiger charge is 2.14. The lowest BCUT2D eigenvalue weighted by Gasteiger charge is -2.15. The molecule has 0 aromatic heterocycles. The SMILES string of the molecule is COc1c(C)cc(C)c(CC(C)N)c1O. The molecule has 0 heterocycles. The van der Waals surface area contributed by atoms with Crippen molar-refractivity contribution < 1.29 is 9.84 Å². The summed E-state index contributed by atoms with van der Waals surface area (Å²) < 4.78 is 5.16. The number of ether oxygens (including phenoxy) is 1. The molecule has 3 heteroatoms. The van der Waals surface area contributed by atoms with E-state index in [1.165, 1.54) is 0 Å². The molecule has 1 aromatic rings. The number of nitrogens with two attached hydrogens (primary N) is 1. The number of rotatable bonds is 3. The van der Waals surface area contributed by atoms with Gasteiger partial charge in [0.25, 0.3) is 0 Å². The summed E-state index contributed by atoms with van der Waals surface area (Å²) in [5, 5.41) is 10.0. The quantitative estimate of drug-likeness (QED) is 0.799. The predicted octanol–water partition coefficient (Wildman–Crippen LogP) is 1.91. The van der Waals surface area contributed by atoms with Crippen LogP contribution >= 0.6 is 0 Å². The van der Waals surface area contributed by atoms with Crippen LogP contribution in [0.5, 0.6) is 11.5 Å². The third-order valence-electron chi connectivity index (χ3n) is 2.50. The minimum Gasteiger partial charge on any atom is -0.504 e. The second kappa shape index (κ2) is 4.53. The van der Waals surface area contributed by atoms with Gasteiger partial charge < -0.3 is 15.6 Å². The van der Waals surface area contributed by atoms with Crippen molar-refractivity contribution in [2.45, 2.75) is 33.2 Å². The molecule has 0 fully saturated rings. The summed E-state index contributed by atoms with van der Waals surface area (Å²) in [6, 6.07) is 2.04. The molecule has 0 aliphatic rings. The van der Waals surface area contributed by atoms with E-state index in [1.54, 1.807) is 7.11 Å². The number of hydrogen-bond donors (Lipinski definition) is 2. The average Bonchev–Trinajstić information content (AvgIpc) is 2.12. The van der Waals surface area contributed by atoms with Crippen molar-refractivity contribution in [1.29, 1.82) is 0 Å². The number of aromatic hydroxyl groups is 1. The number of hydrogen-bond acceptors (Lipinski definition) is 3. The second-order valence-corrected chi connectivity index (χ2v) is 4.05. The number of methoxy groups -OCH3 is 1. The predicted molar refractivity (Wildman–Crippen MR) is 61.5 cm³/mol. The Morgan fingerprint density at radius 3 is 2.47 bits per heavy atom. The van der Waals surface area contributed by atoms with E-state index >= 15 is 0 Å². The van der Waals surface area contributed by atoms with Crippen molar-refractivity contribution >= 4 is 0 Å². The zero-order chi connectivity index (χ0) is 11.6. The van der Waals surface area contributed by atoms with Gasteiger partial charge in [-0.25, -0.2) is 0 Å². The zero-order valence-corrected chi connectivity index (χ0v) is 9.79. The van der Waals surface area contributed by atoms with Gasteiger partial charge in [-0.05, 0) is 38.3 Å². The molecule has 0 saturated carbocycles. The van der Waals surface area contributed by atoms with E-state index in [4.69, 9.17) is 10.5 Å². The lowest BCUT2D eigenvalue weighted by molar-refractivity contribution is 0.367. The molecule has 0 bridgehead atoms. The van der Waals surface area contributed by atoms with Crippen LogP contribution in [-0.4, -0.2) is 18.3 Å². The minimum atomic E-state index is 0.0296. The molecule has 0 aliphatic heterocycles. The number of phenolic OH excluding ortho intramolecular Hbond substituents is 1. The van der Waals surface area contributed by atoms with Crippen molar-refractivity contribution in [3.05, 3.63) is 22.8 Å². The summed E-state index contributed by atoms with van der Waals surface area (Å²) in [7, 11) is 1.56. The van der Waals surface area contributed by atoms with Crippen molar-refractivity contribution in [2.75, 3.05) is 7.11 Å². The number of aryl methyl sites for hydroxylation is 2. The van der Waals surface area contributed by atoms with E-state index in [2.05, 4.69) is 0 Å². The third kappa shape index (κ3) is 2.42. The fraction of sp³-hybridized carbons (Fsp3) is 0.500. The van der Waals surface area contributed by atoms with Gasteiger partial charge in [0.15, 0.2) is 11.5 Å². The monoisotopic (exact) mass is 209 g/mol. The zero-order valence-electron chi connectivity index (χ0n) is 9.79. The van der Waals surface area contributed by atoms with Gasteiger partial charge in [0.2, 0.25) is 0 Å². The van der Waals surface area contributed by atoms with Gasteiger partial charge in [-0.3, -0.25) is 0 Å². The fourth-order valence-corrected chi connectivity index (χ4v) is 1.83. The van der Waals surface area contributed by atoms with E-state index in [-0.39, 0.29) is 11.8 Å². The Kier molecular flexibility index (Phi) is 3.58. The molecule has 0 spiro atoms. The van der Waals surface area contributed by atoms with E-state index in [9.17, 15) is 5.11 Å². The second-order valence-electron chi connectivity index (χ2n) is 4.05. The largest absolute Gasteiger partial charge is 0.504 e. The van der Waals surface area contributed by atoms with Crippen LogP contribution in [0.15, 0.2) is 6.07 Å². The Hall–Kier alpha value is -1.22. The molecule has 1 rings (SSSR count). The first kappa shape index (κ1) is 11.9. The summed E-state index contributed by atoms with van der Waals surface area (Å²) in [5.41, 5.74) is 8.63. The van der Waals surface area contributed by atoms with Gasteiger partial charge in [0.05, 0.1) is 7.11 Å². The van der Waals surface area contributed by atoms with Crippen LogP contribution in [0, 0.1) is 13.8 Å². The lowest BCUT2D eigenvalue weighted by atomic mass is 9.98. The van der Waals surface area contributed by atoms with Crippen molar-refractivity contribution in [3.63, 3.8) is 0 Å². The van der Waals surface area contributed by atoms with Crippen LogP contribution in [-0.2, 0) is 6.42 Å². The first-order chi connectivity index (χ1) is 6.97. The van der Waals surface area contributed by atoms with Crippen LogP contribution in [0.1, 0.15) is 23.6 Å². The molecular weight excluding hydrogens is 190 g/mol. The van der Waals surface area contributed by atoms with Crippen molar-refractivity contribution in [2.24, 2.45) is 5.73 Å². The van der Waals surface area contributed by atoms with Gasteiger partial charge in [-0.2, -0.15) is 0 Å². The molecule has 1 atom stereocenters. The maximum atomic E-state index is 10.0. The molecule has 1 aromatic carbocycles. The molecule has 1 unspecified atom stereocenters. The first-order valence-electron chi connectivity index (χ1n) is 5.09. The molecular formula is C12H19NO2. The molecule has 15 heavy (non-hydrogen) atoms. The molecule has 3 N–H and O–H groups in total. The highest BCUT2D eigenvalue weighted by atomic mass is 16.5. The Labute approximate surface area is 90.9 Å². The number of phenols is 1. The van der Waals surface area contributed by atoms with Crippen molar-refractivity contribution in [3.8, 4) is 11.5 Å². The van der Waals surface area contributed by atoms with Crippen LogP contribution in [0.3, 0.4) is 0 Å². The van der Waals surface area contributed by atoms with Gasteiger partial charge >= 0.3 is 0 Å². The third-order valence-corrected chi connectivity index (χ3v) is 2.50. The van der Waals surface area contributed by atoms with Crippen LogP contribution in [0.4, 0.5) is 0 Å². The van der Waals surface area contributed by atoms with Crippen LogP contribution in [0.2, 0.25) is 0 Å². The molecule has 0 amide bonds. The average molecular weight is 209 g/mol. The Balaban J connectivity index is 3.26. The first-order valence-corrected chi connectivity index (χ1v) is 5.09. The summed E-state index contributed by atoms with van der Waals surface area (Å²) in [6.07, 6.45) is 0.661. The van der Waals surface area contributed by atoms with Crippen LogP contribution < -0.4 is 10.5 Å².